The minimum absolute atomic E-state index is 0.0523. The first-order valence-electron chi connectivity index (χ1n) is 6.05. The first-order chi connectivity index (χ1) is 9.17. The molecule has 19 heavy (non-hydrogen) atoms. The molecule has 1 N–H and O–H groups in total. The minimum Gasteiger partial charge on any atom is -0.475 e. The summed E-state index contributed by atoms with van der Waals surface area (Å²) in [7, 11) is 3.19. The van der Waals surface area contributed by atoms with Crippen LogP contribution in [0.5, 0.6) is 5.88 Å². The molecule has 1 heterocycles. The van der Waals surface area contributed by atoms with Gasteiger partial charge in [0.05, 0.1) is 13.2 Å². The van der Waals surface area contributed by atoms with Gasteiger partial charge >= 0.3 is 0 Å². The Morgan fingerprint density at radius 2 is 2.16 bits per heavy atom. The lowest BCUT2D eigenvalue weighted by Crippen LogP contribution is -2.35. The molecule has 0 aliphatic heterocycles. The van der Waals surface area contributed by atoms with Crippen LogP contribution in [0.4, 0.5) is 0 Å². The zero-order chi connectivity index (χ0) is 14.1. The Labute approximate surface area is 113 Å². The van der Waals surface area contributed by atoms with E-state index in [2.05, 4.69) is 10.3 Å². The van der Waals surface area contributed by atoms with Gasteiger partial charge in [0.25, 0.3) is 5.91 Å². The SMILES string of the molecule is COCCOc1cc(C(=O)N[C@@H](C)COC)ccn1. The monoisotopic (exact) mass is 268 g/mol. The molecule has 1 aromatic rings. The maximum atomic E-state index is 11.9. The van der Waals surface area contributed by atoms with Crippen molar-refractivity contribution in [2.75, 3.05) is 34.0 Å². The highest BCUT2D eigenvalue weighted by Gasteiger charge is 2.10. The smallest absolute Gasteiger partial charge is 0.251 e. The summed E-state index contributed by atoms with van der Waals surface area (Å²) in [6, 6.07) is 3.19. The van der Waals surface area contributed by atoms with E-state index in [9.17, 15) is 4.79 Å². The van der Waals surface area contributed by atoms with Crippen LogP contribution >= 0.6 is 0 Å². The van der Waals surface area contributed by atoms with Crippen LogP contribution in [-0.2, 0) is 9.47 Å². The van der Waals surface area contributed by atoms with Crippen molar-refractivity contribution in [3.8, 4) is 5.88 Å². The number of pyridine rings is 1. The lowest BCUT2D eigenvalue weighted by Gasteiger charge is -2.13. The Morgan fingerprint density at radius 3 is 2.84 bits per heavy atom. The number of hydrogen-bond acceptors (Lipinski definition) is 5. The third-order valence-corrected chi connectivity index (χ3v) is 2.33. The summed E-state index contributed by atoms with van der Waals surface area (Å²) in [5, 5.41) is 2.82. The Hall–Kier alpha value is -1.66. The Balaban J connectivity index is 2.57. The molecule has 0 unspecified atom stereocenters. The number of carbonyl (C=O) groups is 1. The molecule has 1 rings (SSSR count). The predicted molar refractivity (Wildman–Crippen MR) is 70.4 cm³/mol. The highest BCUT2D eigenvalue weighted by molar-refractivity contribution is 5.94. The van der Waals surface area contributed by atoms with Crippen LogP contribution in [0.3, 0.4) is 0 Å². The van der Waals surface area contributed by atoms with E-state index < -0.39 is 0 Å². The van der Waals surface area contributed by atoms with Gasteiger partial charge in [-0.15, -0.1) is 0 Å². The highest BCUT2D eigenvalue weighted by atomic mass is 16.5. The zero-order valence-electron chi connectivity index (χ0n) is 11.5. The van der Waals surface area contributed by atoms with E-state index in [0.717, 1.165) is 0 Å². The van der Waals surface area contributed by atoms with Crippen molar-refractivity contribution in [3.05, 3.63) is 23.9 Å². The van der Waals surface area contributed by atoms with Gasteiger partial charge in [0, 0.05) is 38.1 Å². The second-order valence-electron chi connectivity index (χ2n) is 4.05. The molecule has 0 radical (unpaired) electrons. The third kappa shape index (κ3) is 5.67. The molecule has 0 saturated heterocycles. The number of nitrogens with one attached hydrogen (secondary N) is 1. The molecular weight excluding hydrogens is 248 g/mol. The molecule has 6 heteroatoms. The van der Waals surface area contributed by atoms with Gasteiger partial charge in [-0.1, -0.05) is 0 Å². The standard InChI is InChI=1S/C13H20N2O4/c1-10(9-18-3)15-13(16)11-4-5-14-12(8-11)19-7-6-17-2/h4-5,8,10H,6-7,9H2,1-3H3,(H,15,16)/t10-/m0/s1. The number of aromatic nitrogens is 1. The number of carbonyl (C=O) groups excluding carboxylic acids is 1. The van der Waals surface area contributed by atoms with Gasteiger partial charge in [-0.05, 0) is 13.0 Å². The summed E-state index contributed by atoms with van der Waals surface area (Å²) in [6.45, 7) is 3.21. The summed E-state index contributed by atoms with van der Waals surface area (Å²) in [5.74, 6) is 0.229. The molecule has 1 amide bonds. The molecule has 0 saturated carbocycles. The van der Waals surface area contributed by atoms with Crippen LogP contribution in [-0.4, -0.2) is 51.0 Å². The summed E-state index contributed by atoms with van der Waals surface area (Å²) < 4.78 is 15.2. The number of nitrogens with zero attached hydrogens (tertiary/aromatic N) is 1. The van der Waals surface area contributed by atoms with Gasteiger partial charge in [0.2, 0.25) is 5.88 Å². The normalized spacial score (nSPS) is 11.9. The molecule has 0 spiro atoms. The van der Waals surface area contributed by atoms with Crippen LogP contribution in [0, 0.1) is 0 Å². The molecule has 0 aliphatic carbocycles. The van der Waals surface area contributed by atoms with E-state index in [1.807, 2.05) is 6.92 Å². The van der Waals surface area contributed by atoms with E-state index in [4.69, 9.17) is 14.2 Å². The fourth-order valence-electron chi connectivity index (χ4n) is 1.46. The van der Waals surface area contributed by atoms with Crippen molar-refractivity contribution in [1.82, 2.24) is 10.3 Å². The maximum Gasteiger partial charge on any atom is 0.251 e. The largest absolute Gasteiger partial charge is 0.475 e. The second-order valence-corrected chi connectivity index (χ2v) is 4.05. The van der Waals surface area contributed by atoms with E-state index in [0.29, 0.717) is 31.3 Å². The number of hydrogen-bond donors (Lipinski definition) is 1. The van der Waals surface area contributed by atoms with Crippen LogP contribution in [0.25, 0.3) is 0 Å². The Morgan fingerprint density at radius 1 is 1.37 bits per heavy atom. The summed E-state index contributed by atoms with van der Waals surface area (Å²) in [4.78, 5) is 16.0. The molecule has 106 valence electrons. The zero-order valence-corrected chi connectivity index (χ0v) is 11.5. The van der Waals surface area contributed by atoms with Crippen LogP contribution < -0.4 is 10.1 Å². The molecule has 0 aliphatic rings. The summed E-state index contributed by atoms with van der Waals surface area (Å²) in [5.41, 5.74) is 0.505. The number of rotatable bonds is 8. The number of ether oxygens (including phenoxy) is 3. The third-order valence-electron chi connectivity index (χ3n) is 2.33. The fourth-order valence-corrected chi connectivity index (χ4v) is 1.46. The Bertz CT molecular complexity index is 398. The van der Waals surface area contributed by atoms with Crippen LogP contribution in [0.2, 0.25) is 0 Å². The fraction of sp³-hybridized carbons (Fsp3) is 0.538. The quantitative estimate of drug-likeness (QED) is 0.708. The topological polar surface area (TPSA) is 69.7 Å². The predicted octanol–water partition coefficient (Wildman–Crippen LogP) is 0.871. The lowest BCUT2D eigenvalue weighted by molar-refractivity contribution is 0.0904. The molecule has 1 aromatic heterocycles. The van der Waals surface area contributed by atoms with Gasteiger partial charge in [0.15, 0.2) is 0 Å². The molecular formula is C13H20N2O4. The molecule has 0 bridgehead atoms. The van der Waals surface area contributed by atoms with Gasteiger partial charge in [-0.25, -0.2) is 4.98 Å². The average Bonchev–Trinajstić information content (AvgIpc) is 2.39. The van der Waals surface area contributed by atoms with Crippen molar-refractivity contribution < 1.29 is 19.0 Å². The van der Waals surface area contributed by atoms with Gasteiger partial charge in [-0.3, -0.25) is 4.79 Å². The number of methoxy groups -OCH3 is 2. The van der Waals surface area contributed by atoms with E-state index in [-0.39, 0.29) is 11.9 Å². The summed E-state index contributed by atoms with van der Waals surface area (Å²) in [6.07, 6.45) is 1.54. The summed E-state index contributed by atoms with van der Waals surface area (Å²) >= 11 is 0. The first kappa shape index (κ1) is 15.4. The van der Waals surface area contributed by atoms with Crippen LogP contribution in [0.15, 0.2) is 18.3 Å². The lowest BCUT2D eigenvalue weighted by atomic mass is 10.2. The second kappa shape index (κ2) is 8.44. The van der Waals surface area contributed by atoms with Crippen molar-refractivity contribution >= 4 is 5.91 Å². The van der Waals surface area contributed by atoms with Gasteiger partial charge < -0.3 is 19.5 Å². The maximum absolute atomic E-state index is 11.9. The first-order valence-corrected chi connectivity index (χ1v) is 6.05. The van der Waals surface area contributed by atoms with E-state index in [1.54, 1.807) is 26.4 Å². The van der Waals surface area contributed by atoms with Crippen molar-refractivity contribution in [2.24, 2.45) is 0 Å². The van der Waals surface area contributed by atoms with Crippen molar-refractivity contribution in [1.29, 1.82) is 0 Å². The van der Waals surface area contributed by atoms with Gasteiger partial charge in [0.1, 0.15) is 6.61 Å². The van der Waals surface area contributed by atoms with E-state index in [1.165, 1.54) is 6.20 Å². The molecule has 0 fully saturated rings. The Kier molecular flexibility index (Phi) is 6.84. The average molecular weight is 268 g/mol. The highest BCUT2D eigenvalue weighted by Crippen LogP contribution is 2.09. The van der Waals surface area contributed by atoms with E-state index >= 15 is 0 Å². The van der Waals surface area contributed by atoms with Gasteiger partial charge in [-0.2, -0.15) is 0 Å². The van der Waals surface area contributed by atoms with Crippen molar-refractivity contribution in [2.45, 2.75) is 13.0 Å². The number of amides is 1. The molecule has 6 nitrogen and oxygen atoms in total. The molecule has 1 atom stereocenters. The molecule has 0 aromatic carbocycles. The van der Waals surface area contributed by atoms with Crippen LogP contribution in [0.1, 0.15) is 17.3 Å². The minimum atomic E-state index is -0.177. The van der Waals surface area contributed by atoms with Crippen molar-refractivity contribution in [3.63, 3.8) is 0 Å².